The molecule has 19 heavy (non-hydrogen) atoms. The Balaban J connectivity index is 2.24. The molecule has 0 saturated carbocycles. The molecule has 4 heteroatoms. The Morgan fingerprint density at radius 3 is 2.79 bits per heavy atom. The van der Waals surface area contributed by atoms with Gasteiger partial charge in [0.05, 0.1) is 29.6 Å². The Hall–Kier alpha value is -1.86. The maximum Gasteiger partial charge on any atom is 0.126 e. The molecule has 0 amide bonds. The second kappa shape index (κ2) is 5.85. The van der Waals surface area contributed by atoms with Crippen molar-refractivity contribution in [3.05, 3.63) is 30.1 Å². The highest BCUT2D eigenvalue weighted by molar-refractivity contribution is 5.75. The molecule has 0 spiro atoms. The fourth-order valence-electron chi connectivity index (χ4n) is 2.41. The third kappa shape index (κ3) is 2.77. The summed E-state index contributed by atoms with van der Waals surface area (Å²) in [7, 11) is 2.04. The number of aryl methyl sites for hydroxylation is 1. The molecule has 1 N–H and O–H groups in total. The van der Waals surface area contributed by atoms with E-state index in [2.05, 4.69) is 40.9 Å². The van der Waals surface area contributed by atoms with E-state index >= 15 is 0 Å². The number of imidazole rings is 1. The maximum atomic E-state index is 8.81. The Labute approximate surface area is 114 Å². The smallest absolute Gasteiger partial charge is 0.126 e. The molecule has 100 valence electrons. The minimum absolute atomic E-state index is 0.135. The number of fused-ring (bicyclic) bond motifs is 1. The predicted molar refractivity (Wildman–Crippen MR) is 76.6 cm³/mol. The highest BCUT2D eigenvalue weighted by Crippen LogP contribution is 2.20. The normalized spacial score (nSPS) is 14.2. The summed E-state index contributed by atoms with van der Waals surface area (Å²) in [6.45, 7) is 4.19. The van der Waals surface area contributed by atoms with E-state index in [1.165, 1.54) is 0 Å². The van der Waals surface area contributed by atoms with Crippen LogP contribution in [0.15, 0.2) is 24.3 Å². The number of nitriles is 1. The first-order valence-corrected chi connectivity index (χ1v) is 6.71. The molecule has 0 aliphatic heterocycles. The summed E-state index contributed by atoms with van der Waals surface area (Å²) in [5.41, 5.74) is 2.15. The van der Waals surface area contributed by atoms with Gasteiger partial charge in [0.1, 0.15) is 5.82 Å². The van der Waals surface area contributed by atoms with E-state index in [1.54, 1.807) is 0 Å². The third-order valence-corrected chi connectivity index (χ3v) is 3.53. The maximum absolute atomic E-state index is 8.81. The number of hydrogen-bond donors (Lipinski definition) is 1. The highest BCUT2D eigenvalue weighted by Gasteiger charge is 2.17. The molecule has 2 aromatic rings. The van der Waals surface area contributed by atoms with Crippen molar-refractivity contribution in [1.29, 1.82) is 5.26 Å². The first kappa shape index (κ1) is 13.6. The summed E-state index contributed by atoms with van der Waals surface area (Å²) in [6, 6.07) is 10.7. The molecule has 2 rings (SSSR count). The lowest BCUT2D eigenvalue weighted by atomic mass is 10.1. The molecule has 0 saturated heterocycles. The van der Waals surface area contributed by atoms with E-state index in [1.807, 2.05) is 25.2 Å². The zero-order chi connectivity index (χ0) is 13.8. The average Bonchev–Trinajstić information content (AvgIpc) is 2.76. The van der Waals surface area contributed by atoms with Crippen LogP contribution in [0.4, 0.5) is 0 Å². The van der Waals surface area contributed by atoms with Crippen molar-refractivity contribution in [2.24, 2.45) is 7.05 Å². The van der Waals surface area contributed by atoms with Gasteiger partial charge in [-0.2, -0.15) is 5.26 Å². The third-order valence-electron chi connectivity index (χ3n) is 3.53. The van der Waals surface area contributed by atoms with Crippen LogP contribution < -0.4 is 5.32 Å². The van der Waals surface area contributed by atoms with Crippen LogP contribution in [0.1, 0.15) is 38.6 Å². The monoisotopic (exact) mass is 256 g/mol. The van der Waals surface area contributed by atoms with Gasteiger partial charge in [0.25, 0.3) is 0 Å². The molecular formula is C15H20N4. The molecule has 0 aliphatic carbocycles. The second-order valence-corrected chi connectivity index (χ2v) is 4.87. The van der Waals surface area contributed by atoms with Crippen LogP contribution in [0.5, 0.6) is 0 Å². The topological polar surface area (TPSA) is 53.6 Å². The van der Waals surface area contributed by atoms with Gasteiger partial charge in [0, 0.05) is 13.1 Å². The van der Waals surface area contributed by atoms with Gasteiger partial charge in [-0.1, -0.05) is 19.1 Å². The number of nitrogens with zero attached hydrogens (tertiary/aromatic N) is 3. The van der Waals surface area contributed by atoms with Crippen LogP contribution in [-0.2, 0) is 7.05 Å². The molecule has 1 heterocycles. The molecular weight excluding hydrogens is 236 g/mol. The van der Waals surface area contributed by atoms with Crippen LogP contribution in [0.2, 0.25) is 0 Å². The molecule has 4 nitrogen and oxygen atoms in total. The van der Waals surface area contributed by atoms with E-state index in [9.17, 15) is 0 Å². The van der Waals surface area contributed by atoms with E-state index in [0.717, 1.165) is 23.3 Å². The number of para-hydroxylation sites is 2. The Morgan fingerprint density at radius 2 is 2.16 bits per heavy atom. The van der Waals surface area contributed by atoms with Gasteiger partial charge in [-0.25, -0.2) is 4.98 Å². The van der Waals surface area contributed by atoms with Crippen molar-refractivity contribution < 1.29 is 0 Å². The first-order chi connectivity index (χ1) is 9.17. The molecule has 0 fully saturated rings. The zero-order valence-corrected chi connectivity index (χ0v) is 11.7. The Kier molecular flexibility index (Phi) is 4.18. The molecule has 1 aromatic carbocycles. The van der Waals surface area contributed by atoms with E-state index < -0.39 is 0 Å². The quantitative estimate of drug-likeness (QED) is 0.895. The van der Waals surface area contributed by atoms with E-state index in [0.29, 0.717) is 6.42 Å². The van der Waals surface area contributed by atoms with Gasteiger partial charge >= 0.3 is 0 Å². The number of aromatic nitrogens is 2. The summed E-state index contributed by atoms with van der Waals surface area (Å²) in [5.74, 6) is 1.01. The highest BCUT2D eigenvalue weighted by atomic mass is 15.1. The lowest BCUT2D eigenvalue weighted by molar-refractivity contribution is 0.430. The molecule has 1 aromatic heterocycles. The van der Waals surface area contributed by atoms with Gasteiger partial charge < -0.3 is 9.88 Å². The van der Waals surface area contributed by atoms with Gasteiger partial charge in [-0.15, -0.1) is 0 Å². The van der Waals surface area contributed by atoms with Crippen LogP contribution in [0, 0.1) is 11.3 Å². The second-order valence-electron chi connectivity index (χ2n) is 4.87. The summed E-state index contributed by atoms with van der Waals surface area (Å²) in [5, 5.41) is 12.3. The standard InChI is InChI=1S/C15H20N4/c1-4-12(9-10-16)17-11(2)15-18-13-7-5-6-8-14(13)19(15)3/h5-8,11-12,17H,4,9H2,1-3H3. The number of rotatable bonds is 5. The molecule has 0 radical (unpaired) electrons. The van der Waals surface area contributed by atoms with Crippen molar-refractivity contribution in [2.45, 2.75) is 38.8 Å². The molecule has 2 atom stereocenters. The Bertz CT molecular complexity index is 594. The van der Waals surface area contributed by atoms with Gasteiger partial charge in [-0.05, 0) is 25.5 Å². The zero-order valence-electron chi connectivity index (χ0n) is 11.7. The minimum atomic E-state index is 0.135. The van der Waals surface area contributed by atoms with Gasteiger partial charge in [0.2, 0.25) is 0 Å². The van der Waals surface area contributed by atoms with Crippen LogP contribution in [0.3, 0.4) is 0 Å². The molecule has 0 bridgehead atoms. The van der Waals surface area contributed by atoms with E-state index in [4.69, 9.17) is 5.26 Å². The van der Waals surface area contributed by atoms with Crippen molar-refractivity contribution in [2.75, 3.05) is 0 Å². The fraction of sp³-hybridized carbons (Fsp3) is 0.467. The lowest BCUT2D eigenvalue weighted by Crippen LogP contribution is -2.32. The summed E-state index contributed by atoms with van der Waals surface area (Å²) in [6.07, 6.45) is 1.48. The minimum Gasteiger partial charge on any atom is -0.330 e. The van der Waals surface area contributed by atoms with Crippen molar-refractivity contribution in [3.63, 3.8) is 0 Å². The lowest BCUT2D eigenvalue weighted by Gasteiger charge is -2.19. The summed E-state index contributed by atoms with van der Waals surface area (Å²) < 4.78 is 2.12. The average molecular weight is 256 g/mol. The predicted octanol–water partition coefficient (Wildman–Crippen LogP) is 2.92. The van der Waals surface area contributed by atoms with Crippen LogP contribution in [-0.4, -0.2) is 15.6 Å². The number of benzene rings is 1. The molecule has 2 unspecified atom stereocenters. The number of hydrogen-bond acceptors (Lipinski definition) is 3. The van der Waals surface area contributed by atoms with E-state index in [-0.39, 0.29) is 12.1 Å². The van der Waals surface area contributed by atoms with Crippen molar-refractivity contribution in [1.82, 2.24) is 14.9 Å². The van der Waals surface area contributed by atoms with Crippen LogP contribution in [0.25, 0.3) is 11.0 Å². The van der Waals surface area contributed by atoms with Gasteiger partial charge in [0.15, 0.2) is 0 Å². The van der Waals surface area contributed by atoms with Crippen molar-refractivity contribution in [3.8, 4) is 6.07 Å². The SMILES string of the molecule is CCC(CC#N)NC(C)c1nc2ccccc2n1C. The molecule has 0 aliphatic rings. The fourth-order valence-corrected chi connectivity index (χ4v) is 2.41. The summed E-state index contributed by atoms with van der Waals surface area (Å²) >= 11 is 0. The van der Waals surface area contributed by atoms with Gasteiger partial charge in [-0.3, -0.25) is 0 Å². The number of nitrogens with one attached hydrogen (secondary N) is 1. The largest absolute Gasteiger partial charge is 0.330 e. The Morgan fingerprint density at radius 1 is 1.42 bits per heavy atom. The van der Waals surface area contributed by atoms with Crippen molar-refractivity contribution >= 4 is 11.0 Å². The summed E-state index contributed by atoms with van der Waals surface area (Å²) in [4.78, 5) is 4.68. The first-order valence-electron chi connectivity index (χ1n) is 6.71. The van der Waals surface area contributed by atoms with Crippen LogP contribution >= 0.6 is 0 Å².